The highest BCUT2D eigenvalue weighted by atomic mass is 16.5. The third kappa shape index (κ3) is 242. The van der Waals surface area contributed by atoms with Crippen molar-refractivity contribution >= 4 is 0 Å². The summed E-state index contributed by atoms with van der Waals surface area (Å²) in [4.78, 5) is 0. The zero-order valence-corrected chi connectivity index (χ0v) is 107. The molecule has 0 aromatic rings. The summed E-state index contributed by atoms with van der Waals surface area (Å²) in [5, 5.41) is 0. The maximum atomic E-state index is 5.49. The molecule has 0 fully saturated rings. The van der Waals surface area contributed by atoms with Gasteiger partial charge in [0.1, 0.15) is 0 Å². The number of rotatable bonds is 84. The van der Waals surface area contributed by atoms with E-state index in [-0.39, 0.29) is 0 Å². The summed E-state index contributed by atoms with van der Waals surface area (Å²) < 4.78 is 97.3. The summed E-state index contributed by atoms with van der Waals surface area (Å²) in [5.41, 5.74) is 0. The normalized spacial score (nSPS) is 11.5. The molecule has 0 unspecified atom stereocenters. The first kappa shape index (κ1) is 168. The van der Waals surface area contributed by atoms with Crippen molar-refractivity contribution in [3.8, 4) is 0 Å². The minimum atomic E-state index is 0.318. The molecule has 0 saturated heterocycles. The summed E-state index contributed by atoms with van der Waals surface area (Å²) in [5.74, 6) is 11.9. The predicted octanol–water partition coefficient (Wildman–Crippen LogP) is 36.0. The molecular weight excluding hydrogens is 1800 g/mol. The first-order chi connectivity index (χ1) is 67.5. The molecule has 0 heterocycles. The highest BCUT2D eigenvalue weighted by molar-refractivity contribution is 4.57. The van der Waals surface area contributed by atoms with Gasteiger partial charge in [-0.15, -0.1) is 0 Å². The van der Waals surface area contributed by atoms with E-state index >= 15 is 0 Å². The van der Waals surface area contributed by atoms with Crippen molar-refractivity contribution in [2.75, 3.05) is 185 Å². The van der Waals surface area contributed by atoms with E-state index in [0.29, 0.717) is 84.3 Å². The van der Waals surface area contributed by atoms with Gasteiger partial charge < -0.3 is 85.3 Å². The Balaban J connectivity index is -0.000000132. The van der Waals surface area contributed by atoms with Crippen molar-refractivity contribution in [1.29, 1.82) is 0 Å². The first-order valence-corrected chi connectivity index (χ1v) is 60.2. The van der Waals surface area contributed by atoms with Crippen LogP contribution in [0.2, 0.25) is 0 Å². The van der Waals surface area contributed by atoms with Crippen LogP contribution in [0.15, 0.2) is 0 Å². The van der Waals surface area contributed by atoms with Gasteiger partial charge in [-0.1, -0.05) is 286 Å². The molecule has 0 amide bonds. The Morgan fingerprint density at radius 2 is 0.222 bits per heavy atom. The van der Waals surface area contributed by atoms with E-state index in [4.69, 9.17) is 85.3 Å². The molecule has 0 aliphatic rings. The third-order valence-corrected chi connectivity index (χ3v) is 19.5. The molecule has 0 aromatic carbocycles. The zero-order valence-electron chi connectivity index (χ0n) is 107. The van der Waals surface area contributed by atoms with Crippen molar-refractivity contribution in [3.05, 3.63) is 0 Å². The van der Waals surface area contributed by atoms with Gasteiger partial charge in [0.15, 0.2) is 0 Å². The molecule has 888 valence electrons. The van der Waals surface area contributed by atoms with Gasteiger partial charge in [-0.3, -0.25) is 0 Å². The molecule has 0 aliphatic heterocycles. The molecule has 18 nitrogen and oxygen atoms in total. The molecule has 0 aromatic heterocycles. The fourth-order valence-corrected chi connectivity index (χ4v) is 11.2. The molecule has 0 saturated carbocycles. The molecule has 0 atom stereocenters. The molecule has 0 aliphatic carbocycles. The predicted molar refractivity (Wildman–Crippen MR) is 634 cm³/mol. The van der Waals surface area contributed by atoms with Crippen LogP contribution in [0.3, 0.4) is 0 Å². The lowest BCUT2D eigenvalue weighted by molar-refractivity contribution is 0.0171. The zero-order chi connectivity index (χ0) is 113. The Morgan fingerprint density at radius 3 is 0.410 bits per heavy atom. The lowest BCUT2D eigenvalue weighted by Crippen LogP contribution is -2.10. The summed E-state index contributed by atoms with van der Waals surface area (Å²) in [6, 6.07) is 0. The van der Waals surface area contributed by atoms with Crippen LogP contribution in [0.4, 0.5) is 0 Å². The smallest absolute Gasteiger partial charge is 0.0703 e. The van der Waals surface area contributed by atoms with Gasteiger partial charge in [-0.25, -0.2) is 0 Å². The van der Waals surface area contributed by atoms with Crippen molar-refractivity contribution in [1.82, 2.24) is 0 Å². The molecular formula is C126H276O18. The summed E-state index contributed by atoms with van der Waals surface area (Å²) >= 11 is 0. The lowest BCUT2D eigenvalue weighted by atomic mass is 10.1. The van der Waals surface area contributed by atoms with Crippen LogP contribution in [-0.4, -0.2) is 234 Å². The standard InChI is InChI=1S/6C11H24O.6C10H22O2/c2*1-10(2)6-5-8-12-9-7-11(3)4;2*1-10(2)7-5-6-8-12-9-11(3)4;2*1-10(2)8-6-5-7-9-12-11(3)4;1-9(2)7-11-5-6-12-8-10(3)4;2*1-9(2)5-6-11-7-8-12-10(3)4;2*1-9(2)8-11-6-5-7-12-10(3)4;1-9(2)11-7-5-6-8-12-10(3)4/h6*10-11H,5-9H2,1-4H3;6*9-10H,5-8H2,1-4H3. The SMILES string of the molecule is CC(C)CCCCCOC(C)C.CC(C)CCCCCOC(C)C.CC(C)CCCCOCC(C)C.CC(C)CCCCOCC(C)C.CC(C)CCCOCCC(C)C.CC(C)CCCOCCC(C)C.CC(C)CCOCCOC(C)C.CC(C)CCOCCOC(C)C.CC(C)COCCCOC(C)C.CC(C)COCCCOC(C)C.CC(C)COCCOCC(C)C.CC(C)OCCCCOC(C)C. The van der Waals surface area contributed by atoms with Crippen LogP contribution >= 0.6 is 0 Å². The van der Waals surface area contributed by atoms with Gasteiger partial charge in [0.2, 0.25) is 0 Å². The van der Waals surface area contributed by atoms with Gasteiger partial charge >= 0.3 is 0 Å². The average molecular weight is 2080 g/mol. The fraction of sp³-hybridized carbons (Fsp3) is 1.00. The van der Waals surface area contributed by atoms with E-state index in [0.717, 1.165) is 283 Å². The molecule has 144 heavy (non-hydrogen) atoms. The Bertz CT molecular complexity index is 1430. The van der Waals surface area contributed by atoms with Crippen molar-refractivity contribution in [2.24, 2.45) is 94.7 Å². The Hall–Kier alpha value is -0.720. The number of ether oxygens (including phenoxy) is 18. The summed E-state index contributed by atoms with van der Waals surface area (Å²) in [7, 11) is 0. The average Bonchev–Trinajstić information content (AvgIpc) is 1.13. The van der Waals surface area contributed by atoms with Crippen LogP contribution in [0, 0.1) is 94.7 Å². The Morgan fingerprint density at radius 1 is 0.0903 bits per heavy atom. The van der Waals surface area contributed by atoms with Crippen LogP contribution in [0.5, 0.6) is 0 Å². The van der Waals surface area contributed by atoms with Crippen LogP contribution in [0.25, 0.3) is 0 Å². The van der Waals surface area contributed by atoms with E-state index < -0.39 is 0 Å². The van der Waals surface area contributed by atoms with Gasteiger partial charge in [0.25, 0.3) is 0 Å². The fourth-order valence-electron chi connectivity index (χ4n) is 11.2. The van der Waals surface area contributed by atoms with Gasteiger partial charge in [0, 0.05) is 145 Å². The number of unbranched alkanes of at least 4 members (excludes halogenated alkanes) is 7. The monoisotopic (exact) mass is 2080 g/mol. The second kappa shape index (κ2) is 138. The molecule has 0 N–H and O–H groups in total. The second-order valence-corrected chi connectivity index (χ2v) is 48.1. The number of hydrogen-bond acceptors (Lipinski definition) is 18. The molecule has 18 heteroatoms. The van der Waals surface area contributed by atoms with Gasteiger partial charge in [-0.2, -0.15) is 0 Å². The largest absolute Gasteiger partial charge is 0.381 e. The third-order valence-electron chi connectivity index (χ3n) is 19.5. The van der Waals surface area contributed by atoms with Crippen LogP contribution in [0.1, 0.15) is 499 Å². The van der Waals surface area contributed by atoms with Crippen molar-refractivity contribution in [2.45, 2.75) is 548 Å². The van der Waals surface area contributed by atoms with E-state index in [1.807, 2.05) is 27.7 Å². The van der Waals surface area contributed by atoms with E-state index in [1.165, 1.54) is 128 Å². The highest BCUT2D eigenvalue weighted by Gasteiger charge is 2.07. The van der Waals surface area contributed by atoms with E-state index in [9.17, 15) is 0 Å². The minimum Gasteiger partial charge on any atom is -0.381 e. The van der Waals surface area contributed by atoms with Crippen molar-refractivity contribution < 1.29 is 85.3 Å². The minimum absolute atomic E-state index is 0.318. The molecule has 0 spiro atoms. The summed E-state index contributed by atoms with van der Waals surface area (Å²) in [6.45, 7) is 128. The second-order valence-electron chi connectivity index (χ2n) is 48.1. The Labute approximate surface area is 907 Å². The topological polar surface area (TPSA) is 166 Å². The molecule has 0 rings (SSSR count). The van der Waals surface area contributed by atoms with E-state index in [1.54, 1.807) is 0 Å². The Kier molecular flexibility index (Phi) is 162. The van der Waals surface area contributed by atoms with Gasteiger partial charge in [-0.05, 0) is 308 Å². The van der Waals surface area contributed by atoms with Gasteiger partial charge in [0.05, 0.1) is 88.5 Å². The van der Waals surface area contributed by atoms with Crippen LogP contribution in [-0.2, 0) is 85.3 Å². The lowest BCUT2D eigenvalue weighted by Gasteiger charge is -2.08. The molecule has 0 radical (unpaired) electrons. The highest BCUT2D eigenvalue weighted by Crippen LogP contribution is 2.14. The quantitative estimate of drug-likeness (QED) is 0.0527. The first-order valence-electron chi connectivity index (χ1n) is 60.2. The number of hydrogen-bond donors (Lipinski definition) is 0. The summed E-state index contributed by atoms with van der Waals surface area (Å²) in [6.07, 6.45) is 35.1. The van der Waals surface area contributed by atoms with Crippen molar-refractivity contribution in [3.63, 3.8) is 0 Å². The van der Waals surface area contributed by atoms with Crippen LogP contribution < -0.4 is 0 Å². The maximum absolute atomic E-state index is 5.49. The van der Waals surface area contributed by atoms with E-state index in [2.05, 4.69) is 305 Å². The molecule has 0 bridgehead atoms. The maximum Gasteiger partial charge on any atom is 0.0703 e.